The van der Waals surface area contributed by atoms with Crippen molar-refractivity contribution in [2.75, 3.05) is 40.3 Å². The number of likely N-dealkylation sites (tertiary alicyclic amines) is 2. The van der Waals surface area contributed by atoms with Gasteiger partial charge >= 0.3 is 23.5 Å². The predicted octanol–water partition coefficient (Wildman–Crippen LogP) is 5.84. The number of aryl methyl sites for hydroxylation is 2. The minimum atomic E-state index is -3.36. The molecule has 4 aromatic carbocycles. The SMILES string of the molecule is CNC1CN(Cc2ccccc2)CCC1C.CNC1CN(Cc2ccccc2)CCC1C.Cc1ccc(C(=O)O[C@](C(=O)O)(C(=O)c2ccc(C)cc2)[C@@H](O)C(=O)O)cc1. The summed E-state index contributed by atoms with van der Waals surface area (Å²) in [5.74, 6) is -5.15. The number of carboxylic acid groups (broad SMARTS) is 2. The smallest absolute Gasteiger partial charge is 0.360 e. The van der Waals surface area contributed by atoms with E-state index in [0.717, 1.165) is 36.1 Å². The Morgan fingerprint density at radius 3 is 1.43 bits per heavy atom. The van der Waals surface area contributed by atoms with Crippen LogP contribution in [0.4, 0.5) is 0 Å². The number of carbonyl (C=O) groups excluding carboxylic acids is 2. The molecule has 4 unspecified atom stereocenters. The number of likely N-dealkylation sites (N-methyl/N-ethyl adjacent to an activating group) is 2. The third kappa shape index (κ3) is 13.1. The molecular formula is C48H62N4O8. The average molecular weight is 823 g/mol. The largest absolute Gasteiger partial charge is 0.479 e. The lowest BCUT2D eigenvalue weighted by Gasteiger charge is -2.37. The van der Waals surface area contributed by atoms with Crippen molar-refractivity contribution in [1.82, 2.24) is 20.4 Å². The molecule has 2 saturated heterocycles. The Kier molecular flexibility index (Phi) is 18.1. The maximum absolute atomic E-state index is 12.9. The molecular weight excluding hydrogens is 761 g/mol. The highest BCUT2D eigenvalue weighted by Gasteiger charge is 2.59. The van der Waals surface area contributed by atoms with Gasteiger partial charge in [-0.1, -0.05) is 122 Å². The molecule has 2 aliphatic heterocycles. The first-order chi connectivity index (χ1) is 28.7. The van der Waals surface area contributed by atoms with Gasteiger partial charge in [0, 0.05) is 43.8 Å². The molecule has 12 heteroatoms. The van der Waals surface area contributed by atoms with Crippen molar-refractivity contribution in [1.29, 1.82) is 0 Å². The highest BCUT2D eigenvalue weighted by Crippen LogP contribution is 2.27. The second-order valence-corrected chi connectivity index (χ2v) is 16.0. The lowest BCUT2D eigenvalue weighted by Crippen LogP contribution is -2.61. The van der Waals surface area contributed by atoms with Gasteiger partial charge in [0.1, 0.15) is 0 Å². The van der Waals surface area contributed by atoms with Gasteiger partial charge < -0.3 is 30.7 Å². The normalized spacial score (nSPS) is 20.8. The third-order valence-electron chi connectivity index (χ3n) is 11.5. The fraction of sp³-hybridized carbons (Fsp3) is 0.417. The number of ether oxygens (including phenoxy) is 1. The maximum Gasteiger partial charge on any atom is 0.360 e. The van der Waals surface area contributed by atoms with Crippen molar-refractivity contribution in [2.24, 2.45) is 11.8 Å². The Balaban J connectivity index is 0.000000212. The van der Waals surface area contributed by atoms with E-state index in [-0.39, 0.29) is 11.1 Å². The van der Waals surface area contributed by atoms with Crippen molar-refractivity contribution in [2.45, 2.75) is 77.4 Å². The summed E-state index contributed by atoms with van der Waals surface area (Å²) in [5, 5.41) is 35.7. The van der Waals surface area contributed by atoms with Gasteiger partial charge in [0.15, 0.2) is 0 Å². The highest BCUT2D eigenvalue weighted by molar-refractivity contribution is 6.19. The van der Waals surface area contributed by atoms with E-state index >= 15 is 0 Å². The zero-order valence-electron chi connectivity index (χ0n) is 35.7. The quantitative estimate of drug-likeness (QED) is 0.0622. The zero-order chi connectivity index (χ0) is 43.8. The number of rotatable bonds is 13. The van der Waals surface area contributed by atoms with Crippen LogP contribution >= 0.6 is 0 Å². The van der Waals surface area contributed by atoms with Gasteiger partial charge in [-0.3, -0.25) is 14.6 Å². The van der Waals surface area contributed by atoms with E-state index in [2.05, 4.69) is 109 Å². The standard InChI is InChI=1S/C20H18O8.2C14H22N2/c1-11-3-7-13(8-4-11)15(21)20(19(26)27,16(22)17(23)24)28-18(25)14-9-5-12(2)6-10-14;2*1-12-8-9-16(11-14(12)15-2)10-13-6-4-3-5-7-13/h3-10,16,22H,1-2H3,(H,23,24)(H,26,27);2*3-7,12,14-15H,8-11H2,1-2H3/t16-,20+;;/m0../s1. The van der Waals surface area contributed by atoms with Crippen LogP contribution in [0.25, 0.3) is 0 Å². The van der Waals surface area contributed by atoms with E-state index in [4.69, 9.17) is 9.84 Å². The fourth-order valence-electron chi connectivity index (χ4n) is 7.47. The number of aliphatic carboxylic acids is 2. The summed E-state index contributed by atoms with van der Waals surface area (Å²) in [6.45, 7) is 15.2. The van der Waals surface area contributed by atoms with Gasteiger partial charge in [-0.25, -0.2) is 14.4 Å². The van der Waals surface area contributed by atoms with Crippen LogP contribution in [0.15, 0.2) is 109 Å². The van der Waals surface area contributed by atoms with E-state index in [1.807, 2.05) is 0 Å². The van der Waals surface area contributed by atoms with Crippen molar-refractivity contribution < 1.29 is 39.2 Å². The molecule has 0 saturated carbocycles. The van der Waals surface area contributed by atoms with E-state index < -0.39 is 35.4 Å². The van der Waals surface area contributed by atoms with Crippen LogP contribution < -0.4 is 10.6 Å². The molecule has 2 fully saturated rings. The van der Waals surface area contributed by atoms with Crippen LogP contribution in [0.1, 0.15) is 69.7 Å². The van der Waals surface area contributed by atoms with Gasteiger partial charge in [-0.2, -0.15) is 0 Å². The molecule has 2 heterocycles. The predicted molar refractivity (Wildman–Crippen MR) is 233 cm³/mol. The number of aliphatic hydroxyl groups excluding tert-OH is 1. The van der Waals surface area contributed by atoms with Gasteiger partial charge in [0.2, 0.25) is 11.9 Å². The Morgan fingerprint density at radius 1 is 0.667 bits per heavy atom. The van der Waals surface area contributed by atoms with Crippen LogP contribution in [0.5, 0.6) is 0 Å². The fourth-order valence-corrected chi connectivity index (χ4v) is 7.47. The van der Waals surface area contributed by atoms with Gasteiger partial charge in [0.25, 0.3) is 0 Å². The molecule has 0 bridgehead atoms. The molecule has 0 aromatic heterocycles. The van der Waals surface area contributed by atoms with E-state index in [0.29, 0.717) is 12.1 Å². The van der Waals surface area contributed by atoms with Crippen molar-refractivity contribution >= 4 is 23.7 Å². The summed E-state index contributed by atoms with van der Waals surface area (Å²) in [4.78, 5) is 53.8. The third-order valence-corrected chi connectivity index (χ3v) is 11.5. The summed E-state index contributed by atoms with van der Waals surface area (Å²) in [7, 11) is 4.15. The molecule has 0 radical (unpaired) electrons. The molecule has 4 aromatic rings. The minimum absolute atomic E-state index is 0.106. The number of hydrogen-bond donors (Lipinski definition) is 5. The summed E-state index contributed by atoms with van der Waals surface area (Å²) >= 11 is 0. The lowest BCUT2D eigenvalue weighted by molar-refractivity contribution is -0.176. The van der Waals surface area contributed by atoms with Crippen LogP contribution in [0, 0.1) is 25.7 Å². The number of aliphatic hydroxyl groups is 1. The van der Waals surface area contributed by atoms with Crippen LogP contribution in [0.2, 0.25) is 0 Å². The van der Waals surface area contributed by atoms with Crippen LogP contribution in [-0.4, -0.2) is 113 Å². The molecule has 6 atom stereocenters. The molecule has 0 amide bonds. The van der Waals surface area contributed by atoms with Gasteiger partial charge in [-0.15, -0.1) is 0 Å². The van der Waals surface area contributed by atoms with E-state index in [1.54, 1.807) is 26.0 Å². The molecule has 322 valence electrons. The number of piperidine rings is 2. The topological polar surface area (TPSA) is 169 Å². The van der Waals surface area contributed by atoms with Crippen molar-refractivity contribution in [3.8, 4) is 0 Å². The molecule has 0 aliphatic carbocycles. The van der Waals surface area contributed by atoms with E-state index in [1.165, 1.54) is 86.5 Å². The van der Waals surface area contributed by atoms with Crippen LogP contribution in [0.3, 0.4) is 0 Å². The molecule has 60 heavy (non-hydrogen) atoms. The number of Topliss-reactive ketones (excluding diaryl/α,β-unsaturated/α-hetero) is 1. The summed E-state index contributed by atoms with van der Waals surface area (Å²) in [5.41, 5.74) is 0.716. The van der Waals surface area contributed by atoms with Crippen molar-refractivity contribution in [3.63, 3.8) is 0 Å². The Bertz CT molecular complexity index is 1900. The monoisotopic (exact) mass is 822 g/mol. The van der Waals surface area contributed by atoms with Crippen molar-refractivity contribution in [3.05, 3.63) is 143 Å². The first-order valence-corrected chi connectivity index (χ1v) is 20.6. The number of hydrogen-bond acceptors (Lipinski definition) is 10. The molecule has 12 nitrogen and oxygen atoms in total. The second kappa shape index (κ2) is 22.9. The number of nitrogens with zero attached hydrogens (tertiary/aromatic N) is 2. The summed E-state index contributed by atoms with van der Waals surface area (Å²) < 4.78 is 4.88. The maximum atomic E-state index is 12.9. The Hall–Kier alpha value is -5.24. The highest BCUT2D eigenvalue weighted by atomic mass is 16.6. The lowest BCUT2D eigenvalue weighted by atomic mass is 9.86. The number of carbonyl (C=O) groups is 4. The number of esters is 1. The number of benzene rings is 4. The second-order valence-electron chi connectivity index (χ2n) is 16.0. The number of ketones is 1. The molecule has 0 spiro atoms. The first-order valence-electron chi connectivity index (χ1n) is 20.6. The first kappa shape index (κ1) is 47.4. The minimum Gasteiger partial charge on any atom is -0.479 e. The van der Waals surface area contributed by atoms with E-state index in [9.17, 15) is 29.4 Å². The molecule has 2 aliphatic rings. The Morgan fingerprint density at radius 2 is 1.07 bits per heavy atom. The van der Waals surface area contributed by atoms with Crippen LogP contribution in [-0.2, 0) is 27.4 Å². The molecule has 6 rings (SSSR count). The van der Waals surface area contributed by atoms with Gasteiger partial charge in [-0.05, 0) is 89.0 Å². The summed E-state index contributed by atoms with van der Waals surface area (Å²) in [6, 6.07) is 34.1. The summed E-state index contributed by atoms with van der Waals surface area (Å²) in [6.07, 6.45) is -0.218. The number of carboxylic acids is 2. The average Bonchev–Trinajstić information content (AvgIpc) is 3.25. The number of nitrogens with one attached hydrogen (secondary N) is 2. The Labute approximate surface area is 354 Å². The van der Waals surface area contributed by atoms with Gasteiger partial charge in [0.05, 0.1) is 5.56 Å². The molecule has 5 N–H and O–H groups in total. The zero-order valence-corrected chi connectivity index (χ0v) is 35.7.